The number of nitrogens with zero attached hydrogens (tertiary/aromatic N) is 4. The van der Waals surface area contributed by atoms with Crippen LogP contribution >= 0.6 is 0 Å². The SMILES string of the molecule is O=C(O)c1cccc2c(=O)n3n(c12)CCN(c1c(F)cc(N2C[C@H](CCC(=O)C(F)F)OC2=O)cc1F)CC3.O=C=O. The van der Waals surface area contributed by atoms with Crippen molar-refractivity contribution in [3.8, 4) is 0 Å². The van der Waals surface area contributed by atoms with Gasteiger partial charge in [-0.05, 0) is 18.6 Å². The highest BCUT2D eigenvalue weighted by Gasteiger charge is 2.34. The summed E-state index contributed by atoms with van der Waals surface area (Å²) in [6.07, 6.45) is -5.36. The number of para-hydroxylation sites is 1. The minimum atomic E-state index is -3.13. The third-order valence-electron chi connectivity index (χ3n) is 6.90. The zero-order valence-electron chi connectivity index (χ0n) is 21.6. The predicted octanol–water partition coefficient (Wildman–Crippen LogP) is 2.66. The molecule has 1 aromatic heterocycles. The number of aromatic carboxylic acids is 1. The van der Waals surface area contributed by atoms with Crippen molar-refractivity contribution in [3.63, 3.8) is 0 Å². The van der Waals surface area contributed by atoms with Crippen LogP contribution < -0.4 is 15.4 Å². The van der Waals surface area contributed by atoms with Gasteiger partial charge in [0.1, 0.15) is 11.8 Å². The van der Waals surface area contributed by atoms with Crippen LogP contribution in [-0.2, 0) is 32.2 Å². The molecule has 1 fully saturated rings. The molecule has 12 nitrogen and oxygen atoms in total. The van der Waals surface area contributed by atoms with E-state index in [9.17, 15) is 33.1 Å². The van der Waals surface area contributed by atoms with Crippen LogP contribution in [0.1, 0.15) is 23.2 Å². The Labute approximate surface area is 233 Å². The lowest BCUT2D eigenvalue weighted by atomic mass is 10.1. The molecule has 2 aliphatic heterocycles. The Morgan fingerprint density at radius 1 is 1.02 bits per heavy atom. The van der Waals surface area contributed by atoms with E-state index in [1.807, 2.05) is 0 Å². The summed E-state index contributed by atoms with van der Waals surface area (Å²) in [7, 11) is 0. The molecule has 0 aliphatic carbocycles. The van der Waals surface area contributed by atoms with Gasteiger partial charge in [0.15, 0.2) is 17.4 Å². The highest BCUT2D eigenvalue weighted by atomic mass is 19.3. The Kier molecular flexibility index (Phi) is 8.76. The number of alkyl halides is 2. The van der Waals surface area contributed by atoms with Gasteiger partial charge in [-0.15, -0.1) is 0 Å². The van der Waals surface area contributed by atoms with Crippen molar-refractivity contribution >= 4 is 46.3 Å². The van der Waals surface area contributed by atoms with Crippen molar-refractivity contribution in [2.75, 3.05) is 29.4 Å². The standard InChI is InChI=1S/C25H22F4N4O6.CO2/c26-17-10-13(31-12-14(39-25(31)38)4-5-19(34)22(28)29)11-18(27)21(17)30-6-8-32-20-15(23(35)33(32)9-7-30)2-1-3-16(20)24(36)37;2-1-3/h1-3,10-11,14,22H,4-9,12H2,(H,36,37);/t14-;/m0./s1. The molecule has 1 N–H and O–H groups in total. The number of hydrogen-bond donors (Lipinski definition) is 1. The third kappa shape index (κ3) is 5.74. The van der Waals surface area contributed by atoms with Crippen LogP contribution in [0.4, 0.5) is 33.7 Å². The number of carboxylic acid groups (broad SMARTS) is 1. The number of carboxylic acids is 1. The summed E-state index contributed by atoms with van der Waals surface area (Å²) in [6, 6.07) is 6.28. The first kappa shape index (κ1) is 30.0. The number of ketones is 1. The summed E-state index contributed by atoms with van der Waals surface area (Å²) in [6.45, 7) is 0.0224. The number of Topliss-reactive ketones (excluding diaryl/α,β-unsaturated/α-hetero) is 1. The van der Waals surface area contributed by atoms with Gasteiger partial charge in [-0.25, -0.2) is 31.8 Å². The lowest BCUT2D eigenvalue weighted by molar-refractivity contribution is -0.191. The number of anilines is 2. The number of rotatable bonds is 7. The molecule has 3 heterocycles. The maximum absolute atomic E-state index is 15.3. The minimum Gasteiger partial charge on any atom is -0.478 e. The molecule has 42 heavy (non-hydrogen) atoms. The van der Waals surface area contributed by atoms with Crippen LogP contribution in [-0.4, -0.2) is 70.6 Å². The Bertz CT molecular complexity index is 1620. The molecule has 3 aromatic rings. The number of benzene rings is 2. The fourth-order valence-electron chi connectivity index (χ4n) is 5.06. The number of ether oxygens (including phenoxy) is 1. The summed E-state index contributed by atoms with van der Waals surface area (Å²) in [4.78, 5) is 66.7. The van der Waals surface area contributed by atoms with E-state index in [0.717, 1.165) is 17.0 Å². The monoisotopic (exact) mass is 594 g/mol. The molecule has 222 valence electrons. The molecule has 1 saturated heterocycles. The number of cyclic esters (lactones) is 1. The second kappa shape index (κ2) is 12.3. The van der Waals surface area contributed by atoms with E-state index < -0.39 is 54.0 Å². The predicted molar refractivity (Wildman–Crippen MR) is 135 cm³/mol. The summed E-state index contributed by atoms with van der Waals surface area (Å²) in [5.41, 5.74) is -0.773. The van der Waals surface area contributed by atoms with Gasteiger partial charge in [-0.2, -0.15) is 9.59 Å². The Morgan fingerprint density at radius 3 is 2.24 bits per heavy atom. The van der Waals surface area contributed by atoms with Crippen molar-refractivity contribution in [1.82, 2.24) is 9.36 Å². The highest BCUT2D eigenvalue weighted by molar-refractivity contribution is 6.02. The first-order valence-corrected chi connectivity index (χ1v) is 12.5. The average Bonchev–Trinajstić information content (AvgIpc) is 3.34. The van der Waals surface area contributed by atoms with Gasteiger partial charge in [-0.1, -0.05) is 6.07 Å². The lowest BCUT2D eigenvalue weighted by Gasteiger charge is -2.24. The highest BCUT2D eigenvalue weighted by Crippen LogP contribution is 2.32. The maximum atomic E-state index is 15.3. The summed E-state index contributed by atoms with van der Waals surface area (Å²) in [5.74, 6) is -4.46. The molecule has 0 bridgehead atoms. The van der Waals surface area contributed by atoms with Crippen LogP contribution in [0.25, 0.3) is 10.9 Å². The number of aromatic nitrogens is 2. The lowest BCUT2D eigenvalue weighted by Crippen LogP contribution is -2.30. The molecule has 2 aromatic carbocycles. The van der Waals surface area contributed by atoms with Gasteiger partial charge in [0, 0.05) is 31.6 Å². The zero-order chi connectivity index (χ0) is 30.7. The molecule has 0 unspecified atom stereocenters. The third-order valence-corrected chi connectivity index (χ3v) is 6.90. The van der Waals surface area contributed by atoms with E-state index in [0.29, 0.717) is 0 Å². The second-order valence-electron chi connectivity index (χ2n) is 9.31. The zero-order valence-corrected chi connectivity index (χ0v) is 21.6. The summed E-state index contributed by atoms with van der Waals surface area (Å²) < 4.78 is 63.3. The molecule has 1 amide bonds. The van der Waals surface area contributed by atoms with Crippen molar-refractivity contribution in [2.24, 2.45) is 0 Å². The van der Waals surface area contributed by atoms with Gasteiger partial charge in [0.05, 0.1) is 41.8 Å². The first-order chi connectivity index (χ1) is 20.0. The first-order valence-electron chi connectivity index (χ1n) is 12.5. The van der Waals surface area contributed by atoms with Crippen LogP contribution in [0.2, 0.25) is 0 Å². The maximum Gasteiger partial charge on any atom is 0.414 e. The molecule has 0 saturated carbocycles. The number of halogens is 4. The van der Waals surface area contributed by atoms with Gasteiger partial charge in [0.25, 0.3) is 12.0 Å². The summed E-state index contributed by atoms with van der Waals surface area (Å²) >= 11 is 0. The van der Waals surface area contributed by atoms with Gasteiger partial charge < -0.3 is 14.7 Å². The largest absolute Gasteiger partial charge is 0.478 e. The summed E-state index contributed by atoms with van der Waals surface area (Å²) in [5, 5.41) is 9.81. The van der Waals surface area contributed by atoms with Crippen LogP contribution in [0.3, 0.4) is 0 Å². The number of amides is 1. The fourth-order valence-corrected chi connectivity index (χ4v) is 5.06. The Morgan fingerprint density at radius 2 is 1.64 bits per heavy atom. The number of carbonyl (C=O) groups excluding carboxylic acids is 4. The van der Waals surface area contributed by atoms with Crippen molar-refractivity contribution in [3.05, 3.63) is 57.9 Å². The topological polar surface area (TPSA) is 148 Å². The molecular formula is C26H22F4N4O8. The van der Waals surface area contributed by atoms with Crippen LogP contribution in [0.15, 0.2) is 35.1 Å². The van der Waals surface area contributed by atoms with E-state index in [4.69, 9.17) is 14.3 Å². The smallest absolute Gasteiger partial charge is 0.414 e. The molecular weight excluding hydrogens is 572 g/mol. The number of carbonyl (C=O) groups is 3. The molecule has 16 heteroatoms. The second-order valence-corrected chi connectivity index (χ2v) is 9.31. The Balaban J connectivity index is 0.00000129. The van der Waals surface area contributed by atoms with Crippen molar-refractivity contribution in [2.45, 2.75) is 38.5 Å². The molecule has 5 rings (SSSR count). The van der Waals surface area contributed by atoms with E-state index in [1.165, 1.54) is 32.5 Å². The minimum absolute atomic E-state index is 0.0324. The molecule has 0 radical (unpaired) electrons. The van der Waals surface area contributed by atoms with Crippen LogP contribution in [0.5, 0.6) is 0 Å². The quantitative estimate of drug-likeness (QED) is 0.408. The normalized spacial score (nSPS) is 16.4. The van der Waals surface area contributed by atoms with E-state index >= 15 is 8.78 Å². The van der Waals surface area contributed by atoms with Crippen molar-refractivity contribution in [1.29, 1.82) is 0 Å². The molecule has 0 spiro atoms. The van der Waals surface area contributed by atoms with E-state index in [1.54, 1.807) is 0 Å². The molecule has 2 aliphatic rings. The van der Waals surface area contributed by atoms with E-state index in [-0.39, 0.29) is 73.1 Å². The fraction of sp³-hybridized carbons (Fsp3) is 0.346. The Hall–Kier alpha value is -4.98. The number of hydrogen-bond acceptors (Lipinski definition) is 8. The van der Waals surface area contributed by atoms with Crippen molar-refractivity contribution < 1.29 is 51.4 Å². The van der Waals surface area contributed by atoms with Gasteiger partial charge in [0.2, 0.25) is 0 Å². The van der Waals surface area contributed by atoms with Gasteiger partial charge >= 0.3 is 18.2 Å². The van der Waals surface area contributed by atoms with Crippen LogP contribution in [0, 0.1) is 11.6 Å². The molecule has 1 atom stereocenters. The van der Waals surface area contributed by atoms with Gasteiger partial charge in [-0.3, -0.25) is 19.2 Å². The average molecular weight is 594 g/mol. The number of fused-ring (bicyclic) bond motifs is 3. The van der Waals surface area contributed by atoms with E-state index in [2.05, 4.69) is 0 Å².